The predicted octanol–water partition coefficient (Wildman–Crippen LogP) is 3.50. The molecule has 2 atom stereocenters. The van der Waals surface area contributed by atoms with E-state index in [2.05, 4.69) is 0 Å². The highest BCUT2D eigenvalue weighted by Gasteiger charge is 2.34. The highest BCUT2D eigenvalue weighted by Crippen LogP contribution is 2.41. The monoisotopic (exact) mass is 343 g/mol. The fourth-order valence-electron chi connectivity index (χ4n) is 3.54. The van der Waals surface area contributed by atoms with Crippen molar-refractivity contribution in [3.63, 3.8) is 0 Å². The summed E-state index contributed by atoms with van der Waals surface area (Å²) in [7, 11) is 6.66. The topological polar surface area (TPSA) is 50.8 Å². The minimum absolute atomic E-state index is 0.169. The third-order valence-electron chi connectivity index (χ3n) is 5.08. The zero-order chi connectivity index (χ0) is 18.0. The Labute approximate surface area is 148 Å². The van der Waals surface area contributed by atoms with Gasteiger partial charge in [-0.3, -0.25) is 0 Å². The van der Waals surface area contributed by atoms with Gasteiger partial charge in [0.2, 0.25) is 0 Å². The van der Waals surface area contributed by atoms with Crippen molar-refractivity contribution in [1.82, 2.24) is 0 Å². The van der Waals surface area contributed by atoms with Gasteiger partial charge in [0.25, 0.3) is 0 Å². The summed E-state index contributed by atoms with van der Waals surface area (Å²) in [5.41, 5.74) is 3.34. The van der Waals surface area contributed by atoms with Crippen molar-refractivity contribution in [3.8, 4) is 17.2 Å². The molecule has 2 aromatic rings. The van der Waals surface area contributed by atoms with E-state index in [1.165, 1.54) is 5.56 Å². The largest absolute Gasteiger partial charge is 0.633 e. The molecule has 2 unspecified atom stereocenters. The van der Waals surface area contributed by atoms with Crippen LogP contribution in [0.1, 0.15) is 22.7 Å². The Morgan fingerprint density at radius 2 is 1.64 bits per heavy atom. The van der Waals surface area contributed by atoms with Crippen molar-refractivity contribution >= 4 is 0 Å². The van der Waals surface area contributed by atoms with E-state index in [0.717, 1.165) is 23.3 Å². The van der Waals surface area contributed by atoms with Gasteiger partial charge in [-0.1, -0.05) is 12.1 Å². The van der Waals surface area contributed by atoms with Gasteiger partial charge in [0, 0.05) is 18.4 Å². The van der Waals surface area contributed by atoms with Crippen LogP contribution in [0.4, 0.5) is 0 Å². The van der Waals surface area contributed by atoms with E-state index in [0.29, 0.717) is 24.5 Å². The molecule has 0 aromatic heterocycles. The maximum Gasteiger partial charge on any atom is 0.161 e. The zero-order valence-corrected chi connectivity index (χ0v) is 15.2. The molecule has 0 saturated heterocycles. The Hall–Kier alpha value is -2.24. The molecule has 1 heterocycles. The van der Waals surface area contributed by atoms with Crippen molar-refractivity contribution in [1.29, 1.82) is 0 Å². The molecule has 0 amide bonds. The second-order valence-corrected chi connectivity index (χ2v) is 6.62. The molecule has 0 spiro atoms. The molecule has 0 saturated carbocycles. The summed E-state index contributed by atoms with van der Waals surface area (Å²) >= 11 is 0. The lowest BCUT2D eigenvalue weighted by Crippen LogP contribution is -2.47. The van der Waals surface area contributed by atoms with Crippen LogP contribution < -0.4 is 14.2 Å². The first-order valence-corrected chi connectivity index (χ1v) is 8.42. The second kappa shape index (κ2) is 6.94. The number of likely N-dealkylation sites (N-methyl/N-ethyl adjacent to an activating group) is 1. The Morgan fingerprint density at radius 3 is 2.24 bits per heavy atom. The molecule has 0 bridgehead atoms. The van der Waals surface area contributed by atoms with Crippen LogP contribution in [-0.2, 0) is 12.8 Å². The number of quaternary nitrogens is 1. The zero-order valence-electron chi connectivity index (χ0n) is 15.2. The van der Waals surface area contributed by atoms with Crippen LogP contribution in [0.3, 0.4) is 0 Å². The fourth-order valence-corrected chi connectivity index (χ4v) is 3.54. The van der Waals surface area contributed by atoms with E-state index in [1.807, 2.05) is 36.4 Å². The van der Waals surface area contributed by atoms with E-state index >= 15 is 0 Å². The average Bonchev–Trinajstić information content (AvgIpc) is 2.63. The summed E-state index contributed by atoms with van der Waals surface area (Å²) in [6, 6.07) is 11.7. The summed E-state index contributed by atoms with van der Waals surface area (Å²) in [6.07, 6.45) is 1.42. The molecule has 0 fully saturated rings. The SMILES string of the molecule is COc1ccc(CC2c3cc(OC)c(OC)cc3CC[N+]2(C)[O-])cc1. The third kappa shape index (κ3) is 3.43. The maximum atomic E-state index is 13.1. The quantitative estimate of drug-likeness (QED) is 0.616. The normalized spacial score (nSPS) is 22.2. The van der Waals surface area contributed by atoms with Gasteiger partial charge in [-0.15, -0.1) is 0 Å². The van der Waals surface area contributed by atoms with Crippen LogP contribution in [0.2, 0.25) is 0 Å². The van der Waals surface area contributed by atoms with Crippen LogP contribution in [0.5, 0.6) is 17.2 Å². The molecule has 0 aliphatic carbocycles. The summed E-state index contributed by atoms with van der Waals surface area (Å²) in [5, 5.41) is 13.1. The maximum absolute atomic E-state index is 13.1. The van der Waals surface area contributed by atoms with Gasteiger partial charge >= 0.3 is 0 Å². The van der Waals surface area contributed by atoms with E-state index in [4.69, 9.17) is 14.2 Å². The predicted molar refractivity (Wildman–Crippen MR) is 97.1 cm³/mol. The lowest BCUT2D eigenvalue weighted by Gasteiger charge is -2.49. The minimum Gasteiger partial charge on any atom is -0.633 e. The minimum atomic E-state index is -0.283. The number of methoxy groups -OCH3 is 3. The van der Waals surface area contributed by atoms with E-state index in [1.54, 1.807) is 28.4 Å². The molecule has 3 rings (SSSR count). The van der Waals surface area contributed by atoms with E-state index in [-0.39, 0.29) is 10.7 Å². The number of benzene rings is 2. The molecular formula is C20H25NO4. The second-order valence-electron chi connectivity index (χ2n) is 6.62. The summed E-state index contributed by atoms with van der Waals surface area (Å²) in [5.74, 6) is 2.20. The number of hydrogen-bond donors (Lipinski definition) is 0. The van der Waals surface area contributed by atoms with Gasteiger partial charge in [-0.05, 0) is 35.4 Å². The van der Waals surface area contributed by atoms with Gasteiger partial charge < -0.3 is 24.1 Å². The first kappa shape index (κ1) is 17.6. The molecule has 5 heteroatoms. The van der Waals surface area contributed by atoms with Crippen molar-refractivity contribution in [2.45, 2.75) is 18.9 Å². The highest BCUT2D eigenvalue weighted by atomic mass is 16.5. The molecular weight excluding hydrogens is 318 g/mol. The Bertz CT molecular complexity index is 740. The summed E-state index contributed by atoms with van der Waals surface area (Å²) in [6.45, 7) is 0.559. The van der Waals surface area contributed by atoms with Gasteiger partial charge in [-0.25, -0.2) is 0 Å². The number of hydroxylamine groups is 3. The molecule has 1 aliphatic rings. The van der Waals surface area contributed by atoms with E-state index in [9.17, 15) is 5.21 Å². The first-order valence-electron chi connectivity index (χ1n) is 8.42. The first-order chi connectivity index (χ1) is 12.0. The highest BCUT2D eigenvalue weighted by molar-refractivity contribution is 5.49. The molecule has 5 nitrogen and oxygen atoms in total. The van der Waals surface area contributed by atoms with E-state index < -0.39 is 0 Å². The number of ether oxygens (including phenoxy) is 3. The van der Waals surface area contributed by atoms with Crippen LogP contribution in [0.25, 0.3) is 0 Å². The van der Waals surface area contributed by atoms with Crippen molar-refractivity contribution < 1.29 is 18.9 Å². The summed E-state index contributed by atoms with van der Waals surface area (Å²) < 4.78 is 15.8. The Balaban J connectivity index is 1.99. The van der Waals surface area contributed by atoms with Gasteiger partial charge in [-0.2, -0.15) is 0 Å². The lowest BCUT2D eigenvalue weighted by molar-refractivity contribution is -0.894. The fraction of sp³-hybridized carbons (Fsp3) is 0.400. The van der Waals surface area contributed by atoms with Crippen LogP contribution in [-0.4, -0.2) is 39.6 Å². The molecule has 134 valence electrons. The smallest absolute Gasteiger partial charge is 0.161 e. The third-order valence-corrected chi connectivity index (χ3v) is 5.08. The Kier molecular flexibility index (Phi) is 4.88. The molecule has 25 heavy (non-hydrogen) atoms. The van der Waals surface area contributed by atoms with Gasteiger partial charge in [0.1, 0.15) is 11.8 Å². The molecule has 1 aliphatic heterocycles. The molecule has 0 N–H and O–H groups in total. The number of hydrogen-bond acceptors (Lipinski definition) is 4. The van der Waals surface area contributed by atoms with Crippen LogP contribution in [0, 0.1) is 5.21 Å². The number of nitrogens with zero attached hydrogens (tertiary/aromatic N) is 1. The van der Waals surface area contributed by atoms with Gasteiger partial charge in [0.15, 0.2) is 11.5 Å². The molecule has 0 radical (unpaired) electrons. The van der Waals surface area contributed by atoms with Gasteiger partial charge in [0.05, 0.1) is 34.9 Å². The van der Waals surface area contributed by atoms with Crippen LogP contribution >= 0.6 is 0 Å². The Morgan fingerprint density at radius 1 is 1.00 bits per heavy atom. The lowest BCUT2D eigenvalue weighted by atomic mass is 9.88. The van der Waals surface area contributed by atoms with Crippen molar-refractivity contribution in [2.24, 2.45) is 0 Å². The molecule has 2 aromatic carbocycles. The van der Waals surface area contributed by atoms with Crippen molar-refractivity contribution in [3.05, 3.63) is 58.3 Å². The standard InChI is InChI=1S/C20H25NO4/c1-21(22)10-9-15-12-19(24-3)20(25-4)13-17(15)18(21)11-14-5-7-16(23-2)8-6-14/h5-8,12-13,18H,9-11H2,1-4H3. The van der Waals surface area contributed by atoms with Crippen LogP contribution in [0.15, 0.2) is 36.4 Å². The number of rotatable bonds is 5. The average molecular weight is 343 g/mol. The van der Waals surface area contributed by atoms with Crippen molar-refractivity contribution in [2.75, 3.05) is 34.9 Å². The number of fused-ring (bicyclic) bond motifs is 1. The summed E-state index contributed by atoms with van der Waals surface area (Å²) in [4.78, 5) is 0.